The van der Waals surface area contributed by atoms with E-state index in [9.17, 15) is 14.4 Å². The summed E-state index contributed by atoms with van der Waals surface area (Å²) >= 11 is 0. The fraction of sp³-hybridized carbons (Fsp3) is 0.859. The van der Waals surface area contributed by atoms with Gasteiger partial charge in [0.1, 0.15) is 13.2 Å². The SMILES string of the molecule is CCCCCCC/C=C\C/C=C\C/C=C\CCCCCCCCCCC(=O)OCC(COC(=O)CCCCCCCCCCC)OC(=O)CCCCCCCCCCCCCCCCCCCCCC. The minimum absolute atomic E-state index is 0.0698. The topological polar surface area (TPSA) is 78.9 Å². The summed E-state index contributed by atoms with van der Waals surface area (Å²) in [6.07, 6.45) is 71.5. The van der Waals surface area contributed by atoms with Crippen LogP contribution in [-0.2, 0) is 28.6 Å². The Balaban J connectivity index is 4.21. The zero-order valence-electron chi connectivity index (χ0n) is 47.1. The number of hydrogen-bond acceptors (Lipinski definition) is 6. The van der Waals surface area contributed by atoms with E-state index >= 15 is 0 Å². The number of esters is 3. The van der Waals surface area contributed by atoms with Crippen LogP contribution in [0.15, 0.2) is 36.5 Å². The number of hydrogen-bond donors (Lipinski definition) is 0. The van der Waals surface area contributed by atoms with Crippen LogP contribution >= 0.6 is 0 Å². The first-order valence-corrected chi connectivity index (χ1v) is 31.0. The van der Waals surface area contributed by atoms with Crippen LogP contribution in [0, 0.1) is 0 Å². The predicted octanol–water partition coefficient (Wildman–Crippen LogP) is 20.8. The normalized spacial score (nSPS) is 12.2. The first-order valence-electron chi connectivity index (χ1n) is 31.0. The molecule has 0 amide bonds. The lowest BCUT2D eigenvalue weighted by Crippen LogP contribution is -2.30. The van der Waals surface area contributed by atoms with E-state index in [-0.39, 0.29) is 31.1 Å². The number of ether oxygens (including phenoxy) is 3. The van der Waals surface area contributed by atoms with E-state index in [2.05, 4.69) is 57.2 Å². The average Bonchev–Trinajstić information content (AvgIpc) is 3.36. The molecule has 0 aromatic heterocycles. The smallest absolute Gasteiger partial charge is 0.306 e. The van der Waals surface area contributed by atoms with Gasteiger partial charge >= 0.3 is 17.9 Å². The maximum Gasteiger partial charge on any atom is 0.306 e. The Bertz CT molecular complexity index is 1170. The molecule has 0 bridgehead atoms. The lowest BCUT2D eigenvalue weighted by atomic mass is 10.0. The lowest BCUT2D eigenvalue weighted by molar-refractivity contribution is -0.167. The van der Waals surface area contributed by atoms with Crippen molar-refractivity contribution in [3.05, 3.63) is 36.5 Å². The summed E-state index contributed by atoms with van der Waals surface area (Å²) in [6.45, 7) is 6.65. The molecule has 0 heterocycles. The predicted molar refractivity (Wildman–Crippen MR) is 302 cm³/mol. The zero-order valence-corrected chi connectivity index (χ0v) is 47.1. The molecule has 0 aliphatic rings. The molecule has 0 rings (SSSR count). The molecule has 0 radical (unpaired) electrons. The van der Waals surface area contributed by atoms with Gasteiger partial charge in [-0.05, 0) is 57.8 Å². The summed E-state index contributed by atoms with van der Waals surface area (Å²) in [4.78, 5) is 38.1. The highest BCUT2D eigenvalue weighted by Gasteiger charge is 2.19. The second-order valence-corrected chi connectivity index (χ2v) is 21.0. The zero-order chi connectivity index (χ0) is 50.7. The van der Waals surface area contributed by atoms with Gasteiger partial charge in [-0.25, -0.2) is 0 Å². The molecule has 0 saturated heterocycles. The van der Waals surface area contributed by atoms with Crippen molar-refractivity contribution in [3.63, 3.8) is 0 Å². The van der Waals surface area contributed by atoms with Gasteiger partial charge in [-0.2, -0.15) is 0 Å². The van der Waals surface area contributed by atoms with Gasteiger partial charge in [0.25, 0.3) is 0 Å². The van der Waals surface area contributed by atoms with Crippen molar-refractivity contribution in [3.8, 4) is 0 Å². The van der Waals surface area contributed by atoms with Gasteiger partial charge in [0, 0.05) is 19.3 Å². The molecular weight excluding hydrogens is 865 g/mol. The molecule has 6 heteroatoms. The highest BCUT2D eigenvalue weighted by molar-refractivity contribution is 5.71. The summed E-state index contributed by atoms with van der Waals surface area (Å²) in [5.74, 6) is -0.859. The fourth-order valence-electron chi connectivity index (χ4n) is 9.22. The molecular formula is C64H118O6. The molecule has 0 spiro atoms. The van der Waals surface area contributed by atoms with Gasteiger partial charge in [0.05, 0.1) is 0 Å². The molecule has 1 unspecified atom stereocenters. The first kappa shape index (κ1) is 67.6. The van der Waals surface area contributed by atoms with Crippen molar-refractivity contribution in [1.82, 2.24) is 0 Å². The van der Waals surface area contributed by atoms with Gasteiger partial charge in [0.15, 0.2) is 6.10 Å². The monoisotopic (exact) mass is 983 g/mol. The Morgan fingerprint density at radius 3 is 0.800 bits per heavy atom. The van der Waals surface area contributed by atoms with E-state index in [0.29, 0.717) is 19.3 Å². The number of rotatable bonds is 57. The van der Waals surface area contributed by atoms with Gasteiger partial charge in [-0.1, -0.05) is 295 Å². The largest absolute Gasteiger partial charge is 0.462 e. The highest BCUT2D eigenvalue weighted by Crippen LogP contribution is 2.17. The summed E-state index contributed by atoms with van der Waals surface area (Å²) in [6, 6.07) is 0. The third-order valence-corrected chi connectivity index (χ3v) is 13.9. The molecule has 410 valence electrons. The number of unbranched alkanes of at least 4 members (excludes halogenated alkanes) is 40. The highest BCUT2D eigenvalue weighted by atomic mass is 16.6. The van der Waals surface area contributed by atoms with Crippen molar-refractivity contribution in [1.29, 1.82) is 0 Å². The fourth-order valence-corrected chi connectivity index (χ4v) is 9.22. The Morgan fingerprint density at radius 1 is 0.286 bits per heavy atom. The third kappa shape index (κ3) is 56.5. The van der Waals surface area contributed by atoms with Crippen molar-refractivity contribution in [2.45, 2.75) is 341 Å². The van der Waals surface area contributed by atoms with Crippen molar-refractivity contribution in [2.75, 3.05) is 13.2 Å². The lowest BCUT2D eigenvalue weighted by Gasteiger charge is -2.18. The third-order valence-electron chi connectivity index (χ3n) is 13.9. The van der Waals surface area contributed by atoms with E-state index in [4.69, 9.17) is 14.2 Å². The van der Waals surface area contributed by atoms with E-state index in [1.807, 2.05) is 0 Å². The molecule has 0 aliphatic heterocycles. The summed E-state index contributed by atoms with van der Waals surface area (Å²) in [5.41, 5.74) is 0. The van der Waals surface area contributed by atoms with E-state index in [1.54, 1.807) is 0 Å². The van der Waals surface area contributed by atoms with Crippen molar-refractivity contribution >= 4 is 17.9 Å². The molecule has 0 aromatic rings. The molecule has 1 atom stereocenters. The number of carbonyl (C=O) groups is 3. The molecule has 0 N–H and O–H groups in total. The van der Waals surface area contributed by atoms with Crippen LogP contribution in [0.2, 0.25) is 0 Å². The molecule has 6 nitrogen and oxygen atoms in total. The van der Waals surface area contributed by atoms with E-state index < -0.39 is 6.10 Å². The minimum atomic E-state index is -0.770. The Morgan fingerprint density at radius 2 is 0.514 bits per heavy atom. The molecule has 0 aromatic carbocycles. The maximum absolute atomic E-state index is 12.9. The Kier molecular flexibility index (Phi) is 57.2. The molecule has 0 fully saturated rings. The summed E-state index contributed by atoms with van der Waals surface area (Å²) in [7, 11) is 0. The Labute approximate surface area is 435 Å². The molecule has 70 heavy (non-hydrogen) atoms. The van der Waals surface area contributed by atoms with Crippen LogP contribution in [-0.4, -0.2) is 37.2 Å². The van der Waals surface area contributed by atoms with Crippen LogP contribution in [0.25, 0.3) is 0 Å². The van der Waals surface area contributed by atoms with Crippen LogP contribution in [0.3, 0.4) is 0 Å². The van der Waals surface area contributed by atoms with Crippen molar-refractivity contribution < 1.29 is 28.6 Å². The first-order chi connectivity index (χ1) is 34.5. The Hall–Kier alpha value is -2.37. The van der Waals surface area contributed by atoms with Gasteiger partial charge < -0.3 is 14.2 Å². The van der Waals surface area contributed by atoms with Gasteiger partial charge in [0.2, 0.25) is 0 Å². The van der Waals surface area contributed by atoms with Crippen LogP contribution in [0.4, 0.5) is 0 Å². The van der Waals surface area contributed by atoms with Gasteiger partial charge in [-0.3, -0.25) is 14.4 Å². The average molecular weight is 984 g/mol. The summed E-state index contributed by atoms with van der Waals surface area (Å²) < 4.78 is 16.9. The summed E-state index contributed by atoms with van der Waals surface area (Å²) in [5, 5.41) is 0. The standard InChI is InChI=1S/C64H118O6/c1-4-7-10-13-16-19-21-23-25-27-29-31-32-33-35-36-38-40-42-45-48-51-54-57-63(66)69-60-61(59-68-62(65)56-53-50-47-44-18-15-12-9-6-3)70-64(67)58-55-52-49-46-43-41-39-37-34-30-28-26-24-22-20-17-14-11-8-5-2/h21,23,27,29,32-33,61H,4-20,22,24-26,28,30-31,34-60H2,1-3H3/b23-21-,29-27-,33-32-. The quantitative estimate of drug-likeness (QED) is 0.0261. The van der Waals surface area contributed by atoms with E-state index in [1.165, 1.54) is 218 Å². The number of allylic oxidation sites excluding steroid dienone is 6. The van der Waals surface area contributed by atoms with Crippen LogP contribution < -0.4 is 0 Å². The van der Waals surface area contributed by atoms with Crippen LogP contribution in [0.1, 0.15) is 335 Å². The second-order valence-electron chi connectivity index (χ2n) is 21.0. The minimum Gasteiger partial charge on any atom is -0.462 e. The van der Waals surface area contributed by atoms with Crippen molar-refractivity contribution in [2.24, 2.45) is 0 Å². The molecule has 0 saturated carbocycles. The number of carbonyl (C=O) groups excluding carboxylic acids is 3. The van der Waals surface area contributed by atoms with Crippen LogP contribution in [0.5, 0.6) is 0 Å². The van der Waals surface area contributed by atoms with E-state index in [0.717, 1.165) is 77.0 Å². The second kappa shape index (κ2) is 59.2. The maximum atomic E-state index is 12.9. The van der Waals surface area contributed by atoms with Gasteiger partial charge in [-0.15, -0.1) is 0 Å². The molecule has 0 aliphatic carbocycles.